The first-order chi connectivity index (χ1) is 15.6. The van der Waals surface area contributed by atoms with E-state index in [2.05, 4.69) is 31.8 Å². The summed E-state index contributed by atoms with van der Waals surface area (Å²) in [5, 5.41) is 4.33. The summed E-state index contributed by atoms with van der Waals surface area (Å²) < 4.78 is 40.4. The highest BCUT2D eigenvalue weighted by Gasteiger charge is 2.33. The molecule has 2 aromatic carbocycles. The number of carbonyl (C=O) groups excluding carboxylic acids is 2. The first kappa shape index (κ1) is 22.0. The lowest BCUT2D eigenvalue weighted by atomic mass is 10.2. The molecule has 0 aliphatic carbocycles. The molecule has 0 fully saturated rings. The van der Waals surface area contributed by atoms with Crippen LogP contribution in [0, 0.1) is 6.20 Å². The molecule has 1 radical (unpaired) electrons. The van der Waals surface area contributed by atoms with E-state index in [0.717, 1.165) is 12.1 Å². The van der Waals surface area contributed by atoms with Gasteiger partial charge in [-0.2, -0.15) is 13.2 Å². The molecule has 0 aliphatic heterocycles. The van der Waals surface area contributed by atoms with E-state index in [9.17, 15) is 22.8 Å². The number of aromatic nitrogens is 4. The fraction of sp³-hybridized carbons (Fsp3) is 0.0500. The maximum atomic E-state index is 13.0. The van der Waals surface area contributed by atoms with E-state index in [-0.39, 0.29) is 17.0 Å². The number of imidazole rings is 1. The second-order valence-electron chi connectivity index (χ2n) is 6.61. The number of urea groups is 1. The molecule has 0 aliphatic rings. The van der Waals surface area contributed by atoms with Gasteiger partial charge in [-0.1, -0.05) is 11.6 Å². The molecular weight excluding hydrogens is 463 g/mol. The van der Waals surface area contributed by atoms with Crippen LogP contribution in [-0.4, -0.2) is 31.5 Å². The summed E-state index contributed by atoms with van der Waals surface area (Å²) in [4.78, 5) is 35.9. The average Bonchev–Trinajstić information content (AvgIpc) is 3.15. The molecule has 0 atom stereocenters. The molecule has 13 heteroatoms. The summed E-state index contributed by atoms with van der Waals surface area (Å²) in [6.45, 7) is 0. The Kier molecular flexibility index (Phi) is 5.60. The first-order valence-corrected chi connectivity index (χ1v) is 9.47. The number of nitrogens with two attached hydrogens (primary N) is 1. The van der Waals surface area contributed by atoms with E-state index >= 15 is 0 Å². The summed E-state index contributed by atoms with van der Waals surface area (Å²) in [6, 6.07) is 8.41. The molecule has 33 heavy (non-hydrogen) atoms. The van der Waals surface area contributed by atoms with Gasteiger partial charge in [0.15, 0.2) is 5.65 Å². The molecule has 9 nitrogen and oxygen atoms in total. The largest absolute Gasteiger partial charge is 0.417 e. The Morgan fingerprint density at radius 3 is 2.39 bits per heavy atom. The number of hydrogen-bond donors (Lipinski definition) is 3. The van der Waals surface area contributed by atoms with Crippen LogP contribution in [0.5, 0.6) is 0 Å². The predicted molar refractivity (Wildman–Crippen MR) is 113 cm³/mol. The van der Waals surface area contributed by atoms with Crippen LogP contribution in [0.15, 0.2) is 48.8 Å². The molecule has 167 valence electrons. The van der Waals surface area contributed by atoms with Crippen molar-refractivity contribution in [1.82, 2.24) is 19.5 Å². The molecule has 0 saturated carbocycles. The molecule has 4 rings (SSSR count). The van der Waals surface area contributed by atoms with Crippen molar-refractivity contribution in [3.05, 3.63) is 71.4 Å². The van der Waals surface area contributed by atoms with Gasteiger partial charge in [-0.3, -0.25) is 9.36 Å². The molecule has 2 aromatic heterocycles. The van der Waals surface area contributed by atoms with Crippen LogP contribution in [0.2, 0.25) is 5.02 Å². The van der Waals surface area contributed by atoms with Crippen molar-refractivity contribution in [2.45, 2.75) is 6.18 Å². The number of nitrogens with zero attached hydrogens (tertiary/aromatic N) is 4. The number of benzene rings is 2. The molecular formula is C20H12ClF3N7O2. The standard InChI is InChI=1S/C20H12ClF3N7O2/c21-14-6-3-11(7-13(14)20(22,23)24)29-19(33)28-10-1-4-12(5-2-10)31-17-15(8-26-9-27-17)30-18(31)16(25)32/h1-7,9H,(H2,25,32)(H2,28,29,33). The van der Waals surface area contributed by atoms with Gasteiger partial charge in [0.1, 0.15) is 18.0 Å². The third kappa shape index (κ3) is 4.55. The van der Waals surface area contributed by atoms with Crippen molar-refractivity contribution in [2.75, 3.05) is 10.6 Å². The summed E-state index contributed by atoms with van der Waals surface area (Å²) in [6.07, 6.45) is -0.802. The van der Waals surface area contributed by atoms with Gasteiger partial charge in [-0.25, -0.2) is 19.7 Å². The fourth-order valence-corrected chi connectivity index (χ4v) is 3.22. The molecule has 0 bridgehead atoms. The van der Waals surface area contributed by atoms with E-state index in [4.69, 9.17) is 17.3 Å². The Morgan fingerprint density at radius 1 is 1.06 bits per heavy atom. The highest BCUT2D eigenvalue weighted by atomic mass is 35.5. The Bertz CT molecular complexity index is 1370. The normalized spacial score (nSPS) is 11.4. The molecule has 4 N–H and O–H groups in total. The van der Waals surface area contributed by atoms with E-state index in [1.807, 2.05) is 0 Å². The molecule has 2 heterocycles. The van der Waals surface area contributed by atoms with Gasteiger partial charge < -0.3 is 16.4 Å². The number of fused-ring (bicyclic) bond motifs is 1. The van der Waals surface area contributed by atoms with Crippen molar-refractivity contribution >= 4 is 46.1 Å². The highest BCUT2D eigenvalue weighted by molar-refractivity contribution is 6.31. The highest BCUT2D eigenvalue weighted by Crippen LogP contribution is 2.36. The number of primary amides is 1. The molecule has 4 aromatic rings. The number of rotatable bonds is 4. The Balaban J connectivity index is 1.54. The van der Waals surface area contributed by atoms with Gasteiger partial charge >= 0.3 is 12.2 Å². The first-order valence-electron chi connectivity index (χ1n) is 9.09. The van der Waals surface area contributed by atoms with E-state index in [0.29, 0.717) is 17.0 Å². The Morgan fingerprint density at radius 2 is 1.73 bits per heavy atom. The molecule has 0 saturated heterocycles. The van der Waals surface area contributed by atoms with Crippen molar-refractivity contribution in [3.8, 4) is 5.69 Å². The lowest BCUT2D eigenvalue weighted by molar-refractivity contribution is -0.137. The summed E-state index contributed by atoms with van der Waals surface area (Å²) in [5.74, 6) is -0.868. The minimum atomic E-state index is -4.66. The average molecular weight is 475 g/mol. The number of anilines is 2. The summed E-state index contributed by atoms with van der Waals surface area (Å²) in [5.41, 5.74) is 5.59. The quantitative estimate of drug-likeness (QED) is 0.411. The fourth-order valence-electron chi connectivity index (χ4n) is 3.00. The van der Waals surface area contributed by atoms with E-state index in [1.54, 1.807) is 12.1 Å². The van der Waals surface area contributed by atoms with Crippen molar-refractivity contribution < 1.29 is 22.8 Å². The zero-order chi connectivity index (χ0) is 23.8. The monoisotopic (exact) mass is 474 g/mol. The number of halogens is 4. The van der Waals surface area contributed by atoms with E-state index in [1.165, 1.54) is 29.1 Å². The summed E-state index contributed by atoms with van der Waals surface area (Å²) >= 11 is 5.58. The number of carbonyl (C=O) groups is 2. The second-order valence-corrected chi connectivity index (χ2v) is 7.02. The predicted octanol–water partition coefficient (Wildman–Crippen LogP) is 4.03. The minimum absolute atomic E-state index is 0.0802. The zero-order valence-electron chi connectivity index (χ0n) is 16.3. The number of amides is 3. The maximum Gasteiger partial charge on any atom is 0.417 e. The third-order valence-electron chi connectivity index (χ3n) is 4.39. The van der Waals surface area contributed by atoms with Crippen LogP contribution in [0.25, 0.3) is 16.9 Å². The Labute approximate surface area is 188 Å². The van der Waals surface area contributed by atoms with Crippen LogP contribution >= 0.6 is 11.6 Å². The molecule has 3 amide bonds. The topological polar surface area (TPSA) is 128 Å². The van der Waals surface area contributed by atoms with Gasteiger partial charge in [-0.05, 0) is 42.5 Å². The lowest BCUT2D eigenvalue weighted by Gasteiger charge is -2.13. The van der Waals surface area contributed by atoms with Crippen LogP contribution in [0.1, 0.15) is 16.2 Å². The van der Waals surface area contributed by atoms with Crippen LogP contribution in [-0.2, 0) is 6.18 Å². The van der Waals surface area contributed by atoms with Crippen LogP contribution in [0.3, 0.4) is 0 Å². The van der Waals surface area contributed by atoms with Gasteiger partial charge in [0.2, 0.25) is 5.82 Å². The Hall–Kier alpha value is -4.19. The smallest absolute Gasteiger partial charge is 0.363 e. The van der Waals surface area contributed by atoms with Gasteiger partial charge in [-0.15, -0.1) is 0 Å². The summed E-state index contributed by atoms with van der Waals surface area (Å²) in [7, 11) is 0. The number of alkyl halides is 3. The number of hydrogen-bond acceptors (Lipinski definition) is 5. The zero-order valence-corrected chi connectivity index (χ0v) is 17.1. The van der Waals surface area contributed by atoms with Crippen LogP contribution < -0.4 is 16.4 Å². The van der Waals surface area contributed by atoms with Crippen LogP contribution in [0.4, 0.5) is 29.3 Å². The lowest BCUT2D eigenvalue weighted by Crippen LogP contribution is -2.20. The SMILES string of the molecule is NC(=O)c1nc2[c]ncnc2n1-c1ccc(NC(=O)Nc2ccc(Cl)c(C(F)(F)F)c2)cc1. The van der Waals surface area contributed by atoms with E-state index < -0.39 is 28.7 Å². The third-order valence-corrected chi connectivity index (χ3v) is 4.72. The van der Waals surface area contributed by atoms with Gasteiger partial charge in [0, 0.05) is 17.1 Å². The number of nitrogens with one attached hydrogen (secondary N) is 2. The van der Waals surface area contributed by atoms with Crippen molar-refractivity contribution in [1.29, 1.82) is 0 Å². The van der Waals surface area contributed by atoms with Gasteiger partial charge in [0.05, 0.1) is 10.6 Å². The minimum Gasteiger partial charge on any atom is -0.363 e. The molecule has 0 unspecified atom stereocenters. The van der Waals surface area contributed by atoms with Gasteiger partial charge in [0.25, 0.3) is 5.91 Å². The second kappa shape index (κ2) is 8.39. The maximum absolute atomic E-state index is 13.0. The van der Waals surface area contributed by atoms with Crippen molar-refractivity contribution in [3.63, 3.8) is 0 Å². The molecule has 0 spiro atoms. The van der Waals surface area contributed by atoms with Crippen molar-refractivity contribution in [2.24, 2.45) is 5.73 Å².